The summed E-state index contributed by atoms with van der Waals surface area (Å²) in [7, 11) is 0. The van der Waals surface area contributed by atoms with Crippen LogP contribution in [0.2, 0.25) is 0 Å². The van der Waals surface area contributed by atoms with Crippen molar-refractivity contribution in [1.82, 2.24) is 0 Å². The van der Waals surface area contributed by atoms with Gasteiger partial charge in [0.25, 0.3) is 0 Å². The molecule has 4 aromatic rings. The van der Waals surface area contributed by atoms with E-state index >= 15 is 0 Å². The number of halogens is 1. The molecule has 0 amide bonds. The average Bonchev–Trinajstić information content (AvgIpc) is 2.91. The quantitative estimate of drug-likeness (QED) is 0.227. The van der Waals surface area contributed by atoms with Crippen LogP contribution in [0.15, 0.2) is 102 Å². The van der Waals surface area contributed by atoms with Crippen molar-refractivity contribution in [1.29, 1.82) is 5.26 Å². The summed E-state index contributed by atoms with van der Waals surface area (Å²) in [6, 6.07) is 34.3. The third-order valence-electron chi connectivity index (χ3n) is 6.14. The molecule has 0 aromatic heterocycles. The van der Waals surface area contributed by atoms with Crippen LogP contribution < -0.4 is 9.47 Å². The maximum absolute atomic E-state index is 9.04. The zero-order valence-corrected chi connectivity index (χ0v) is 25.4. The van der Waals surface area contributed by atoms with E-state index in [1.807, 2.05) is 72.8 Å². The zero-order chi connectivity index (χ0) is 28.5. The number of hydrogen-bond acceptors (Lipinski definition) is 3. The SMILES string of the molecule is CC(C)(C)c1cc(Br)ccc1OCc1ccccc1.CC(C)(C)c1cc(C#N)ccc1OCc1ccccc1. The monoisotopic (exact) mass is 583 g/mol. The van der Waals surface area contributed by atoms with Crippen molar-refractivity contribution < 1.29 is 9.47 Å². The first-order valence-electron chi connectivity index (χ1n) is 13.2. The van der Waals surface area contributed by atoms with Crippen molar-refractivity contribution in [2.45, 2.75) is 65.6 Å². The van der Waals surface area contributed by atoms with Crippen LogP contribution in [-0.2, 0) is 24.0 Å². The Morgan fingerprint density at radius 1 is 0.615 bits per heavy atom. The van der Waals surface area contributed by atoms with Crippen LogP contribution in [0.4, 0.5) is 0 Å². The molecule has 0 fully saturated rings. The Morgan fingerprint density at radius 2 is 1.05 bits per heavy atom. The second kappa shape index (κ2) is 13.5. The van der Waals surface area contributed by atoms with E-state index in [2.05, 4.69) is 81.7 Å². The Kier molecular flexibility index (Phi) is 10.4. The normalized spacial score (nSPS) is 11.1. The van der Waals surface area contributed by atoms with E-state index in [4.69, 9.17) is 14.7 Å². The van der Waals surface area contributed by atoms with Gasteiger partial charge >= 0.3 is 0 Å². The molecule has 3 nitrogen and oxygen atoms in total. The van der Waals surface area contributed by atoms with Gasteiger partial charge in [-0.2, -0.15) is 5.26 Å². The maximum atomic E-state index is 9.04. The number of nitriles is 1. The molecule has 0 unspecified atom stereocenters. The van der Waals surface area contributed by atoms with Crippen molar-refractivity contribution in [3.63, 3.8) is 0 Å². The third kappa shape index (κ3) is 9.30. The van der Waals surface area contributed by atoms with Crippen LogP contribution in [0.5, 0.6) is 11.5 Å². The van der Waals surface area contributed by atoms with Gasteiger partial charge in [0.2, 0.25) is 0 Å². The van der Waals surface area contributed by atoms with Gasteiger partial charge in [-0.15, -0.1) is 0 Å². The summed E-state index contributed by atoms with van der Waals surface area (Å²) >= 11 is 3.53. The molecule has 4 heteroatoms. The molecule has 0 spiro atoms. The van der Waals surface area contributed by atoms with Crippen molar-refractivity contribution in [2.75, 3.05) is 0 Å². The van der Waals surface area contributed by atoms with Crippen LogP contribution >= 0.6 is 15.9 Å². The Balaban J connectivity index is 0.000000216. The molecular formula is C35H38BrNO2. The van der Waals surface area contributed by atoms with Gasteiger partial charge in [0.05, 0.1) is 11.6 Å². The lowest BCUT2D eigenvalue weighted by molar-refractivity contribution is 0.297. The van der Waals surface area contributed by atoms with Crippen LogP contribution in [0, 0.1) is 11.3 Å². The topological polar surface area (TPSA) is 42.2 Å². The first-order chi connectivity index (χ1) is 18.5. The van der Waals surface area contributed by atoms with E-state index in [0.29, 0.717) is 18.8 Å². The van der Waals surface area contributed by atoms with Gasteiger partial charge in [0.1, 0.15) is 24.7 Å². The van der Waals surface area contributed by atoms with Gasteiger partial charge in [-0.05, 0) is 58.4 Å². The highest BCUT2D eigenvalue weighted by Gasteiger charge is 2.20. The molecule has 0 aliphatic rings. The zero-order valence-electron chi connectivity index (χ0n) is 23.8. The minimum atomic E-state index is -0.0567. The van der Waals surface area contributed by atoms with Crippen LogP contribution in [0.3, 0.4) is 0 Å². The van der Waals surface area contributed by atoms with Crippen LogP contribution in [0.1, 0.15) is 69.4 Å². The molecule has 202 valence electrons. The third-order valence-corrected chi connectivity index (χ3v) is 6.63. The van der Waals surface area contributed by atoms with Crippen molar-refractivity contribution in [3.8, 4) is 17.6 Å². The molecule has 0 saturated heterocycles. The second-order valence-corrected chi connectivity index (χ2v) is 12.4. The highest BCUT2D eigenvalue weighted by Crippen LogP contribution is 2.34. The van der Waals surface area contributed by atoms with E-state index < -0.39 is 0 Å². The molecule has 0 radical (unpaired) electrons. The molecule has 4 aromatic carbocycles. The predicted molar refractivity (Wildman–Crippen MR) is 164 cm³/mol. The number of rotatable bonds is 6. The van der Waals surface area contributed by atoms with Crippen molar-refractivity contribution in [2.24, 2.45) is 0 Å². The Hall–Kier alpha value is -3.55. The summed E-state index contributed by atoms with van der Waals surface area (Å²) in [5.74, 6) is 1.81. The molecule has 0 saturated carbocycles. The van der Waals surface area contributed by atoms with Crippen molar-refractivity contribution >= 4 is 15.9 Å². The lowest BCUT2D eigenvalue weighted by atomic mass is 9.85. The minimum Gasteiger partial charge on any atom is -0.489 e. The summed E-state index contributed by atoms with van der Waals surface area (Å²) in [6.07, 6.45) is 0. The van der Waals surface area contributed by atoms with E-state index in [0.717, 1.165) is 27.1 Å². The van der Waals surface area contributed by atoms with Gasteiger partial charge in [0.15, 0.2) is 0 Å². The molecule has 0 N–H and O–H groups in total. The van der Waals surface area contributed by atoms with Gasteiger partial charge in [-0.1, -0.05) is 118 Å². The average molecular weight is 585 g/mol. The van der Waals surface area contributed by atoms with Crippen LogP contribution in [0.25, 0.3) is 0 Å². The van der Waals surface area contributed by atoms with Gasteiger partial charge in [-0.25, -0.2) is 0 Å². The fourth-order valence-electron chi connectivity index (χ4n) is 4.00. The van der Waals surface area contributed by atoms with E-state index in [1.54, 1.807) is 6.07 Å². The van der Waals surface area contributed by atoms with Crippen molar-refractivity contribution in [3.05, 3.63) is 129 Å². The van der Waals surface area contributed by atoms with Crippen LogP contribution in [-0.4, -0.2) is 0 Å². The fourth-order valence-corrected chi connectivity index (χ4v) is 4.36. The molecule has 39 heavy (non-hydrogen) atoms. The second-order valence-electron chi connectivity index (χ2n) is 11.5. The first-order valence-corrected chi connectivity index (χ1v) is 13.9. The van der Waals surface area contributed by atoms with E-state index in [-0.39, 0.29) is 10.8 Å². The Morgan fingerprint density at radius 3 is 1.49 bits per heavy atom. The summed E-state index contributed by atoms with van der Waals surface area (Å²) in [6.45, 7) is 14.1. The summed E-state index contributed by atoms with van der Waals surface area (Å²) in [4.78, 5) is 0. The lowest BCUT2D eigenvalue weighted by Gasteiger charge is -2.23. The summed E-state index contributed by atoms with van der Waals surface area (Å²) in [5.41, 5.74) is 5.28. The predicted octanol–water partition coefficient (Wildman–Crippen LogP) is 9.76. The number of benzene rings is 4. The lowest BCUT2D eigenvalue weighted by Crippen LogP contribution is -2.13. The van der Waals surface area contributed by atoms with E-state index in [1.165, 1.54) is 11.1 Å². The number of ether oxygens (including phenoxy) is 2. The van der Waals surface area contributed by atoms with E-state index in [9.17, 15) is 0 Å². The Bertz CT molecular complexity index is 1380. The fraction of sp³-hybridized carbons (Fsp3) is 0.286. The summed E-state index contributed by atoms with van der Waals surface area (Å²) in [5, 5.41) is 9.04. The Labute approximate surface area is 242 Å². The molecule has 0 aliphatic carbocycles. The number of hydrogen-bond donors (Lipinski definition) is 0. The van der Waals surface area contributed by atoms with Gasteiger partial charge in [-0.3, -0.25) is 0 Å². The molecule has 0 aliphatic heterocycles. The van der Waals surface area contributed by atoms with Gasteiger partial charge < -0.3 is 9.47 Å². The van der Waals surface area contributed by atoms with Gasteiger partial charge in [0, 0.05) is 15.6 Å². The standard InChI is InChI=1S/C18H19NO.C17H19BrO/c1-18(2,3)16-11-15(12-19)9-10-17(16)20-13-14-7-5-4-6-8-14;1-17(2,3)15-11-14(18)9-10-16(15)19-12-13-7-5-4-6-8-13/h4-11H,13H2,1-3H3;4-11H,12H2,1-3H3. The smallest absolute Gasteiger partial charge is 0.123 e. The maximum Gasteiger partial charge on any atom is 0.123 e. The molecule has 4 rings (SSSR count). The largest absolute Gasteiger partial charge is 0.489 e. The molecular weight excluding hydrogens is 546 g/mol. The highest BCUT2D eigenvalue weighted by molar-refractivity contribution is 9.10. The summed E-state index contributed by atoms with van der Waals surface area (Å²) < 4.78 is 13.0. The first kappa shape index (κ1) is 30.0. The molecule has 0 bridgehead atoms. The highest BCUT2D eigenvalue weighted by atomic mass is 79.9. The number of nitrogens with zero attached hydrogens (tertiary/aromatic N) is 1. The molecule has 0 heterocycles. The minimum absolute atomic E-state index is 0.0567. The molecule has 0 atom stereocenters.